The van der Waals surface area contributed by atoms with E-state index in [1.54, 1.807) is 10.5 Å². The van der Waals surface area contributed by atoms with Gasteiger partial charge >= 0.3 is 0 Å². The number of aromatic nitrogens is 2. The number of aliphatic hydroxyl groups is 1. The Morgan fingerprint density at radius 3 is 2.94 bits per heavy atom. The molecule has 7 nitrogen and oxygen atoms in total. The molecule has 2 aromatic heterocycles. The molecule has 2 rings (SSSR count). The smallest absolute Gasteiger partial charge is 0.262 e. The van der Waals surface area contributed by atoms with E-state index in [0.717, 1.165) is 4.60 Å². The number of halogens is 1. The lowest BCUT2D eigenvalue weighted by molar-refractivity contribution is -0.127. The third-order valence-corrected chi connectivity index (χ3v) is 2.98. The summed E-state index contributed by atoms with van der Waals surface area (Å²) in [6, 6.07) is 5.41. The molecule has 0 radical (unpaired) electrons. The van der Waals surface area contributed by atoms with E-state index in [2.05, 4.69) is 26.2 Å². The van der Waals surface area contributed by atoms with E-state index in [1.165, 1.54) is 5.48 Å². The van der Waals surface area contributed by atoms with Gasteiger partial charge in [0.25, 0.3) is 5.91 Å². The van der Waals surface area contributed by atoms with Crippen LogP contribution in [0, 0.1) is 0 Å². The van der Waals surface area contributed by atoms with Crippen LogP contribution < -0.4 is 10.8 Å². The molecule has 2 heterocycles. The fraction of sp³-hybridized carbons (Fsp3) is 0.200. The van der Waals surface area contributed by atoms with Gasteiger partial charge in [-0.15, -0.1) is 0 Å². The fourth-order valence-corrected chi connectivity index (χ4v) is 2.11. The van der Waals surface area contributed by atoms with Crippen molar-refractivity contribution in [3.05, 3.63) is 28.5 Å². The first-order chi connectivity index (χ1) is 8.67. The summed E-state index contributed by atoms with van der Waals surface area (Å²) < 4.78 is 2.45. The Kier molecular flexibility index (Phi) is 3.80. The van der Waals surface area contributed by atoms with E-state index in [-0.39, 0.29) is 13.2 Å². The first kappa shape index (κ1) is 12.8. The van der Waals surface area contributed by atoms with Crippen molar-refractivity contribution in [2.45, 2.75) is 6.61 Å². The minimum absolute atomic E-state index is 0.126. The normalized spacial score (nSPS) is 10.6. The van der Waals surface area contributed by atoms with Crippen molar-refractivity contribution >= 4 is 33.3 Å². The summed E-state index contributed by atoms with van der Waals surface area (Å²) in [5.41, 5.74) is 2.59. The molecule has 0 aromatic carbocycles. The maximum Gasteiger partial charge on any atom is 0.262 e. The number of rotatable bonds is 4. The molecule has 4 N–H and O–H groups in total. The number of pyridine rings is 1. The Labute approximate surface area is 111 Å². The largest absolute Gasteiger partial charge is 0.390 e. The Morgan fingerprint density at radius 2 is 2.28 bits per heavy atom. The monoisotopic (exact) mass is 314 g/mol. The summed E-state index contributed by atoms with van der Waals surface area (Å²) in [4.78, 5) is 15.2. The number of aliphatic hydroxyl groups excluding tert-OH is 1. The zero-order valence-electron chi connectivity index (χ0n) is 9.22. The predicted molar refractivity (Wildman–Crippen MR) is 67.2 cm³/mol. The maximum atomic E-state index is 11.0. The predicted octanol–water partition coefficient (Wildman–Crippen LogP) is 0.506. The summed E-state index contributed by atoms with van der Waals surface area (Å²) in [6.45, 7) is -0.379. The van der Waals surface area contributed by atoms with Gasteiger partial charge in [0.15, 0.2) is 0 Å². The summed E-state index contributed by atoms with van der Waals surface area (Å²) in [5, 5.41) is 20.5. The van der Waals surface area contributed by atoms with Gasteiger partial charge in [0.2, 0.25) is 0 Å². The topological polar surface area (TPSA) is 98.9 Å². The van der Waals surface area contributed by atoms with Gasteiger partial charge in [-0.3, -0.25) is 14.4 Å². The first-order valence-corrected chi connectivity index (χ1v) is 5.90. The van der Waals surface area contributed by atoms with Crippen LogP contribution in [0.3, 0.4) is 0 Å². The van der Waals surface area contributed by atoms with Crippen molar-refractivity contribution in [1.82, 2.24) is 14.9 Å². The molecule has 0 aliphatic carbocycles. The molecule has 8 heteroatoms. The molecule has 2 aromatic rings. The van der Waals surface area contributed by atoms with Crippen LogP contribution in [0.25, 0.3) is 5.65 Å². The van der Waals surface area contributed by atoms with Gasteiger partial charge in [-0.25, -0.2) is 10.5 Å². The Hall–Kier alpha value is -1.64. The first-order valence-electron chi connectivity index (χ1n) is 5.11. The van der Waals surface area contributed by atoms with Crippen LogP contribution >= 0.6 is 15.9 Å². The second-order valence-corrected chi connectivity index (χ2v) is 4.31. The molecular weight excluding hydrogens is 304 g/mol. The highest BCUT2D eigenvalue weighted by atomic mass is 79.9. The zero-order chi connectivity index (χ0) is 13.1. The van der Waals surface area contributed by atoms with Gasteiger partial charge in [0, 0.05) is 0 Å². The van der Waals surface area contributed by atoms with Gasteiger partial charge in [0.1, 0.15) is 17.2 Å². The number of hydrogen-bond donors (Lipinski definition) is 4. The fourth-order valence-electron chi connectivity index (χ4n) is 1.60. The van der Waals surface area contributed by atoms with E-state index in [1.807, 2.05) is 12.1 Å². The van der Waals surface area contributed by atoms with Crippen molar-refractivity contribution in [3.63, 3.8) is 0 Å². The number of carbonyl (C=O) groups is 1. The molecule has 0 fully saturated rings. The van der Waals surface area contributed by atoms with Gasteiger partial charge in [-0.1, -0.05) is 6.07 Å². The van der Waals surface area contributed by atoms with Crippen molar-refractivity contribution in [2.75, 3.05) is 11.9 Å². The SMILES string of the molecule is O=C(CNc1c(CO)nc2cccc(Br)n12)NO. The lowest BCUT2D eigenvalue weighted by atomic mass is 10.4. The van der Waals surface area contributed by atoms with Crippen LogP contribution in [0.2, 0.25) is 0 Å². The highest BCUT2D eigenvalue weighted by Gasteiger charge is 2.13. The van der Waals surface area contributed by atoms with Crippen LogP contribution in [0.5, 0.6) is 0 Å². The molecule has 0 atom stereocenters. The van der Waals surface area contributed by atoms with E-state index < -0.39 is 5.91 Å². The Morgan fingerprint density at radius 1 is 1.50 bits per heavy atom. The van der Waals surface area contributed by atoms with Crippen LogP contribution in [0.15, 0.2) is 22.8 Å². The highest BCUT2D eigenvalue weighted by Crippen LogP contribution is 2.23. The number of hydroxylamine groups is 1. The van der Waals surface area contributed by atoms with Crippen LogP contribution in [-0.2, 0) is 11.4 Å². The van der Waals surface area contributed by atoms with Gasteiger partial charge in [-0.2, -0.15) is 0 Å². The average Bonchev–Trinajstić information content (AvgIpc) is 2.75. The van der Waals surface area contributed by atoms with E-state index in [9.17, 15) is 9.90 Å². The molecule has 0 aliphatic heterocycles. The van der Waals surface area contributed by atoms with E-state index in [0.29, 0.717) is 17.2 Å². The number of fused-ring (bicyclic) bond motifs is 1. The quantitative estimate of drug-likeness (QED) is 0.374. The van der Waals surface area contributed by atoms with Crippen LogP contribution in [0.1, 0.15) is 5.69 Å². The molecule has 0 spiro atoms. The third kappa shape index (κ3) is 2.30. The summed E-state index contributed by atoms with van der Waals surface area (Å²) in [7, 11) is 0. The molecule has 0 unspecified atom stereocenters. The average molecular weight is 315 g/mol. The van der Waals surface area contributed by atoms with E-state index >= 15 is 0 Å². The van der Waals surface area contributed by atoms with Crippen molar-refractivity contribution < 1.29 is 15.1 Å². The third-order valence-electron chi connectivity index (χ3n) is 2.36. The van der Waals surface area contributed by atoms with E-state index in [4.69, 9.17) is 5.21 Å². The van der Waals surface area contributed by atoms with Crippen LogP contribution in [0.4, 0.5) is 5.82 Å². The van der Waals surface area contributed by atoms with Gasteiger partial charge in [0.05, 0.1) is 17.8 Å². The molecule has 0 saturated carbocycles. The number of amides is 1. The minimum Gasteiger partial charge on any atom is -0.390 e. The van der Waals surface area contributed by atoms with Gasteiger partial charge in [-0.05, 0) is 28.1 Å². The molecule has 0 saturated heterocycles. The summed E-state index contributed by atoms with van der Waals surface area (Å²) in [5.74, 6) is -0.0792. The summed E-state index contributed by atoms with van der Waals surface area (Å²) >= 11 is 3.37. The number of nitrogens with one attached hydrogen (secondary N) is 2. The molecule has 0 aliphatic rings. The number of carbonyl (C=O) groups excluding carboxylic acids is 1. The molecular formula is C10H11BrN4O3. The minimum atomic E-state index is -0.583. The molecule has 18 heavy (non-hydrogen) atoms. The lowest BCUT2D eigenvalue weighted by Gasteiger charge is -2.07. The second-order valence-electron chi connectivity index (χ2n) is 3.50. The number of nitrogens with zero attached hydrogens (tertiary/aromatic N) is 2. The Balaban J connectivity index is 2.43. The van der Waals surface area contributed by atoms with Crippen molar-refractivity contribution in [1.29, 1.82) is 0 Å². The molecule has 1 amide bonds. The highest BCUT2D eigenvalue weighted by molar-refractivity contribution is 9.10. The Bertz CT molecular complexity index is 584. The van der Waals surface area contributed by atoms with Crippen LogP contribution in [-0.4, -0.2) is 32.2 Å². The maximum absolute atomic E-state index is 11.0. The number of anilines is 1. The zero-order valence-corrected chi connectivity index (χ0v) is 10.8. The second kappa shape index (κ2) is 5.34. The van der Waals surface area contributed by atoms with Gasteiger partial charge < -0.3 is 10.4 Å². The number of imidazole rings is 1. The van der Waals surface area contributed by atoms with Crippen molar-refractivity contribution in [2.24, 2.45) is 0 Å². The standard InChI is InChI=1S/C10H11BrN4O3/c11-7-2-1-3-8-13-6(5-16)10(15(7)8)12-4-9(17)14-18/h1-3,12,16,18H,4-5H2,(H,14,17). The summed E-state index contributed by atoms with van der Waals surface area (Å²) in [6.07, 6.45) is 0. The molecule has 0 bridgehead atoms. The number of hydrogen-bond acceptors (Lipinski definition) is 5. The molecule has 96 valence electrons. The lowest BCUT2D eigenvalue weighted by Crippen LogP contribution is -2.27. The van der Waals surface area contributed by atoms with Crippen molar-refractivity contribution in [3.8, 4) is 0 Å².